The maximum absolute atomic E-state index is 15.1. The maximum Gasteiger partial charge on any atom is 0.264 e. The van der Waals surface area contributed by atoms with Crippen LogP contribution in [0.3, 0.4) is 0 Å². The van der Waals surface area contributed by atoms with Crippen molar-refractivity contribution in [3.05, 3.63) is 112 Å². The number of nitrogens with zero attached hydrogens (tertiary/aromatic N) is 2. The van der Waals surface area contributed by atoms with Gasteiger partial charge in [-0.25, -0.2) is 0 Å². The number of rotatable bonds is 11. The van der Waals surface area contributed by atoms with E-state index in [0.29, 0.717) is 24.5 Å². The topological polar surface area (TPSA) is 79.3 Å². The van der Waals surface area contributed by atoms with Crippen LogP contribution in [0.15, 0.2) is 90.0 Å². The summed E-state index contributed by atoms with van der Waals surface area (Å²) in [6.07, 6.45) is 6.42. The molecular formula is C43H53ClN2O5Si. The fraction of sp³-hybridized carbons (Fsp3) is 0.442. The van der Waals surface area contributed by atoms with Gasteiger partial charge in [-0.05, 0) is 87.0 Å². The molecule has 5 atom stereocenters. The Bertz CT molecular complexity index is 1870. The predicted molar refractivity (Wildman–Crippen MR) is 212 cm³/mol. The Morgan fingerprint density at radius 2 is 1.77 bits per heavy atom. The molecule has 6 rings (SSSR count). The van der Waals surface area contributed by atoms with Gasteiger partial charge in [-0.15, -0.1) is 0 Å². The van der Waals surface area contributed by atoms with E-state index in [1.807, 2.05) is 52.3 Å². The normalized spacial score (nSPS) is 24.2. The quantitative estimate of drug-likeness (QED) is 0.160. The van der Waals surface area contributed by atoms with Crippen LogP contribution in [0.25, 0.3) is 0 Å². The van der Waals surface area contributed by atoms with Gasteiger partial charge in [-0.3, -0.25) is 9.59 Å². The molecule has 3 heterocycles. The van der Waals surface area contributed by atoms with Crippen LogP contribution in [0.5, 0.6) is 5.75 Å². The zero-order valence-electron chi connectivity index (χ0n) is 31.6. The molecule has 3 aliphatic heterocycles. The lowest BCUT2D eigenvalue weighted by Gasteiger charge is -2.39. The van der Waals surface area contributed by atoms with E-state index in [0.717, 1.165) is 41.0 Å². The lowest BCUT2D eigenvalue weighted by molar-refractivity contribution is -0.150. The third-order valence-electron chi connectivity index (χ3n) is 11.8. The van der Waals surface area contributed by atoms with Gasteiger partial charge in [0.05, 0.1) is 46.0 Å². The number of fused-ring (bicyclic) bond motifs is 3. The molecule has 3 aromatic carbocycles. The van der Waals surface area contributed by atoms with E-state index in [9.17, 15) is 9.90 Å². The molecule has 2 amide bonds. The van der Waals surface area contributed by atoms with E-state index in [2.05, 4.69) is 77.2 Å². The van der Waals surface area contributed by atoms with Gasteiger partial charge in [0, 0.05) is 29.6 Å². The Labute approximate surface area is 315 Å². The summed E-state index contributed by atoms with van der Waals surface area (Å²) in [5.41, 5.74) is 4.93. The van der Waals surface area contributed by atoms with Crippen molar-refractivity contribution in [3.63, 3.8) is 0 Å². The molecule has 1 fully saturated rings. The number of aliphatic hydroxyl groups excluding tert-OH is 1. The maximum atomic E-state index is 15.1. The van der Waals surface area contributed by atoms with Gasteiger partial charge >= 0.3 is 0 Å². The minimum Gasteiger partial charge on any atom is -0.497 e. The standard InChI is InChI=1S/C43H53ClN2O5Si/c1-28(2)11-10-12-29(3)21-22-45-38-20-15-33(44)24-37(38)43(42(45)49)30(4)41(52(6,7)36-18-16-35(50-5)17-19-36)39(51-43)25-40(48)46-26-32-14-9-8-13-31(32)23-34(46)27-47/h8-9,11,13-21,24,30,34,39,41,47H,10,12,22-23,25-27H2,1-7H3/b29-21+/t30-,34-,39+,41-,43+/m0/s1. The molecule has 1 N–H and O–H groups in total. The Balaban J connectivity index is 1.39. The molecule has 0 aromatic heterocycles. The number of carbonyl (C=O) groups excluding carboxylic acids is 2. The highest BCUT2D eigenvalue weighted by atomic mass is 35.5. The average Bonchev–Trinajstić information content (AvgIpc) is 3.55. The van der Waals surface area contributed by atoms with Crippen molar-refractivity contribution < 1.29 is 24.2 Å². The van der Waals surface area contributed by atoms with Crippen LogP contribution in [-0.2, 0) is 32.9 Å². The molecule has 9 heteroatoms. The Morgan fingerprint density at radius 1 is 1.06 bits per heavy atom. The molecule has 7 nitrogen and oxygen atoms in total. The van der Waals surface area contributed by atoms with Crippen molar-refractivity contribution in [1.82, 2.24) is 4.90 Å². The van der Waals surface area contributed by atoms with Crippen LogP contribution in [0, 0.1) is 5.92 Å². The summed E-state index contributed by atoms with van der Waals surface area (Å²) in [5.74, 6) is 0.339. The van der Waals surface area contributed by atoms with Crippen LogP contribution in [0.1, 0.15) is 63.6 Å². The smallest absolute Gasteiger partial charge is 0.264 e. The number of amides is 2. The second-order valence-corrected chi connectivity index (χ2v) is 20.8. The highest BCUT2D eigenvalue weighted by Crippen LogP contribution is 2.60. The lowest BCUT2D eigenvalue weighted by atomic mass is 9.82. The van der Waals surface area contributed by atoms with Gasteiger partial charge in [0.2, 0.25) is 5.91 Å². The third kappa shape index (κ3) is 7.03. The first-order valence-corrected chi connectivity index (χ1v) is 22.0. The fourth-order valence-corrected chi connectivity index (χ4v) is 13.1. The Morgan fingerprint density at radius 3 is 2.44 bits per heavy atom. The predicted octanol–water partition coefficient (Wildman–Crippen LogP) is 7.94. The van der Waals surface area contributed by atoms with Crippen molar-refractivity contribution >= 4 is 42.4 Å². The molecule has 3 aliphatic rings. The number of anilines is 1. The molecule has 0 bridgehead atoms. The number of hydrogen-bond acceptors (Lipinski definition) is 5. The Hall–Kier alpha value is -3.69. The van der Waals surface area contributed by atoms with Gasteiger partial charge in [-0.2, -0.15) is 0 Å². The number of halogens is 1. The van der Waals surface area contributed by atoms with Crippen LogP contribution >= 0.6 is 11.6 Å². The second kappa shape index (κ2) is 15.3. The SMILES string of the molecule is COc1ccc([Si](C)(C)[C@@H]2[C@@H](CC(=O)N3Cc4ccccc4C[C@H]3CO)O[C@]3(C(=O)N(C/C=C(\C)CCC=C(C)C)c4ccc(Cl)cc43)[C@H]2C)cc1. The van der Waals surface area contributed by atoms with Gasteiger partial charge < -0.3 is 24.4 Å². The van der Waals surface area contributed by atoms with E-state index in [4.69, 9.17) is 21.1 Å². The summed E-state index contributed by atoms with van der Waals surface area (Å²) in [5, 5.41) is 12.2. The molecular weight excluding hydrogens is 688 g/mol. The molecule has 1 saturated heterocycles. The van der Waals surface area contributed by atoms with Gasteiger partial charge in [-0.1, -0.05) is 96.5 Å². The molecule has 3 aromatic rings. The zero-order valence-corrected chi connectivity index (χ0v) is 33.4. The number of benzene rings is 3. The van der Waals surface area contributed by atoms with Gasteiger partial charge in [0.25, 0.3) is 5.91 Å². The third-order valence-corrected chi connectivity index (χ3v) is 16.4. The number of allylic oxidation sites excluding steroid dienone is 3. The largest absolute Gasteiger partial charge is 0.497 e. The van der Waals surface area contributed by atoms with E-state index in [-0.39, 0.29) is 42.3 Å². The van der Waals surface area contributed by atoms with Crippen molar-refractivity contribution in [2.45, 2.75) is 96.3 Å². The minimum atomic E-state index is -2.47. The Kier molecular flexibility index (Phi) is 11.2. The summed E-state index contributed by atoms with van der Waals surface area (Å²) in [6.45, 7) is 13.8. The van der Waals surface area contributed by atoms with Crippen LogP contribution in [0.2, 0.25) is 23.7 Å². The molecule has 276 valence electrons. The summed E-state index contributed by atoms with van der Waals surface area (Å²) in [7, 11) is -0.809. The number of ether oxygens (including phenoxy) is 2. The van der Waals surface area contributed by atoms with E-state index >= 15 is 4.79 Å². The highest BCUT2D eigenvalue weighted by Gasteiger charge is 2.66. The molecule has 0 saturated carbocycles. The van der Waals surface area contributed by atoms with E-state index < -0.39 is 19.8 Å². The lowest BCUT2D eigenvalue weighted by Crippen LogP contribution is -2.52. The first-order valence-electron chi connectivity index (χ1n) is 18.5. The van der Waals surface area contributed by atoms with Crippen molar-refractivity contribution in [2.24, 2.45) is 5.92 Å². The summed E-state index contributed by atoms with van der Waals surface area (Å²) >= 11 is 6.69. The zero-order chi connectivity index (χ0) is 37.4. The minimum absolute atomic E-state index is 0.0733. The molecule has 1 spiro atoms. The summed E-state index contributed by atoms with van der Waals surface area (Å²) < 4.78 is 12.7. The monoisotopic (exact) mass is 740 g/mol. The first kappa shape index (κ1) is 38.0. The fourth-order valence-electron chi connectivity index (χ4n) is 8.94. The number of methoxy groups -OCH3 is 1. The summed E-state index contributed by atoms with van der Waals surface area (Å²) in [4.78, 5) is 33.2. The number of hydrogen-bond donors (Lipinski definition) is 1. The summed E-state index contributed by atoms with van der Waals surface area (Å²) in [6, 6.07) is 21.7. The highest BCUT2D eigenvalue weighted by molar-refractivity contribution is 6.91. The average molecular weight is 741 g/mol. The van der Waals surface area contributed by atoms with Crippen LogP contribution in [-0.4, -0.2) is 62.3 Å². The van der Waals surface area contributed by atoms with Crippen molar-refractivity contribution in [1.29, 1.82) is 0 Å². The van der Waals surface area contributed by atoms with Gasteiger partial charge in [0.1, 0.15) is 5.75 Å². The number of carbonyl (C=O) groups is 2. The van der Waals surface area contributed by atoms with Crippen molar-refractivity contribution in [2.75, 3.05) is 25.2 Å². The van der Waals surface area contributed by atoms with Crippen molar-refractivity contribution in [3.8, 4) is 5.75 Å². The molecule has 0 aliphatic carbocycles. The first-order chi connectivity index (χ1) is 24.8. The second-order valence-electron chi connectivity index (χ2n) is 15.6. The van der Waals surface area contributed by atoms with E-state index in [1.54, 1.807) is 7.11 Å². The molecule has 52 heavy (non-hydrogen) atoms. The molecule has 0 unspecified atom stereocenters. The molecule has 0 radical (unpaired) electrons. The number of aliphatic hydroxyl groups is 1. The van der Waals surface area contributed by atoms with Crippen LogP contribution < -0.4 is 14.8 Å². The van der Waals surface area contributed by atoms with Crippen LogP contribution in [0.4, 0.5) is 5.69 Å². The van der Waals surface area contributed by atoms with Gasteiger partial charge in [0.15, 0.2) is 5.60 Å². The van der Waals surface area contributed by atoms with E-state index in [1.165, 1.54) is 16.3 Å².